The summed E-state index contributed by atoms with van der Waals surface area (Å²) in [4.78, 5) is 35.8. The first kappa shape index (κ1) is 23.1. The van der Waals surface area contributed by atoms with Gasteiger partial charge in [0.1, 0.15) is 21.2 Å². The molecule has 5 rings (SSSR count). The number of pyridine rings is 1. The summed E-state index contributed by atoms with van der Waals surface area (Å²) in [7, 11) is 0. The summed E-state index contributed by atoms with van der Waals surface area (Å²) < 4.78 is 29.4. The SMILES string of the molecule is Cc1ccc(Cn2c(SCC(=O)Nc3cc(F)ccc3F)nc3c(sc4ncccc43)c2=O)cc1. The van der Waals surface area contributed by atoms with Gasteiger partial charge in [-0.1, -0.05) is 41.6 Å². The van der Waals surface area contributed by atoms with Crippen molar-refractivity contribution in [1.82, 2.24) is 14.5 Å². The second kappa shape index (κ2) is 9.55. The van der Waals surface area contributed by atoms with E-state index in [1.165, 1.54) is 15.9 Å². The monoisotopic (exact) mass is 508 g/mol. The normalized spacial score (nSPS) is 11.3. The van der Waals surface area contributed by atoms with Crippen LogP contribution in [0.5, 0.6) is 0 Å². The Morgan fingerprint density at radius 3 is 2.74 bits per heavy atom. The fourth-order valence-electron chi connectivity index (χ4n) is 3.58. The van der Waals surface area contributed by atoms with Crippen molar-refractivity contribution in [2.24, 2.45) is 0 Å². The third kappa shape index (κ3) is 4.80. The number of rotatable bonds is 6. The van der Waals surface area contributed by atoms with Crippen molar-refractivity contribution in [2.45, 2.75) is 18.6 Å². The summed E-state index contributed by atoms with van der Waals surface area (Å²) in [6.45, 7) is 2.25. The maximum atomic E-state index is 13.9. The Morgan fingerprint density at radius 1 is 1.14 bits per heavy atom. The molecule has 10 heteroatoms. The molecular formula is C25H18F2N4O2S2. The van der Waals surface area contributed by atoms with Crippen molar-refractivity contribution >= 4 is 55.1 Å². The fraction of sp³-hybridized carbons (Fsp3) is 0.120. The number of thiophene rings is 1. The molecule has 0 unspecified atom stereocenters. The molecule has 0 saturated carbocycles. The Labute approximate surface area is 206 Å². The minimum absolute atomic E-state index is 0.151. The Balaban J connectivity index is 1.51. The van der Waals surface area contributed by atoms with E-state index in [2.05, 4.69) is 10.3 Å². The summed E-state index contributed by atoms with van der Waals surface area (Å²) in [6.07, 6.45) is 1.66. The lowest BCUT2D eigenvalue weighted by Crippen LogP contribution is -2.24. The van der Waals surface area contributed by atoms with E-state index in [0.29, 0.717) is 20.2 Å². The van der Waals surface area contributed by atoms with Crippen molar-refractivity contribution in [3.63, 3.8) is 0 Å². The highest BCUT2D eigenvalue weighted by molar-refractivity contribution is 7.99. The lowest BCUT2D eigenvalue weighted by Gasteiger charge is -2.13. The number of fused-ring (bicyclic) bond motifs is 3. The number of aromatic nitrogens is 3. The number of nitrogens with zero attached hydrogens (tertiary/aromatic N) is 3. The van der Waals surface area contributed by atoms with Crippen molar-refractivity contribution in [3.05, 3.63) is 93.9 Å². The molecule has 1 N–H and O–H groups in total. The molecule has 0 aliphatic carbocycles. The van der Waals surface area contributed by atoms with Gasteiger partial charge in [-0.05, 0) is 36.8 Å². The van der Waals surface area contributed by atoms with Crippen LogP contribution in [0.15, 0.2) is 70.7 Å². The topological polar surface area (TPSA) is 76.9 Å². The third-order valence-electron chi connectivity index (χ3n) is 5.31. The molecule has 0 radical (unpaired) electrons. The average molecular weight is 509 g/mol. The van der Waals surface area contributed by atoms with Crippen molar-refractivity contribution in [3.8, 4) is 0 Å². The number of benzene rings is 2. The number of halogens is 2. The minimum atomic E-state index is -0.738. The molecule has 35 heavy (non-hydrogen) atoms. The van der Waals surface area contributed by atoms with Gasteiger partial charge in [-0.25, -0.2) is 18.7 Å². The quantitative estimate of drug-likeness (QED) is 0.246. The second-order valence-corrected chi connectivity index (χ2v) is 9.81. The molecule has 0 saturated heterocycles. The molecule has 0 atom stereocenters. The predicted octanol–water partition coefficient (Wildman–Crippen LogP) is 5.37. The molecule has 0 spiro atoms. The van der Waals surface area contributed by atoms with E-state index in [4.69, 9.17) is 4.98 Å². The van der Waals surface area contributed by atoms with Gasteiger partial charge in [0.15, 0.2) is 5.16 Å². The molecule has 0 aliphatic heterocycles. The first-order chi connectivity index (χ1) is 16.9. The van der Waals surface area contributed by atoms with Gasteiger partial charge in [0.05, 0.1) is 23.5 Å². The van der Waals surface area contributed by atoms with Crippen LogP contribution in [0.2, 0.25) is 0 Å². The Kier molecular flexibility index (Phi) is 6.31. The average Bonchev–Trinajstić information content (AvgIpc) is 3.22. The number of hydrogen-bond acceptors (Lipinski definition) is 6. The number of hydrogen-bond donors (Lipinski definition) is 1. The summed E-state index contributed by atoms with van der Waals surface area (Å²) >= 11 is 2.34. The largest absolute Gasteiger partial charge is 0.323 e. The molecule has 176 valence electrons. The van der Waals surface area contributed by atoms with Gasteiger partial charge in [-0.15, -0.1) is 11.3 Å². The molecule has 5 aromatic rings. The zero-order valence-corrected chi connectivity index (χ0v) is 20.1. The molecule has 0 fully saturated rings. The first-order valence-corrected chi connectivity index (χ1v) is 12.4. The maximum absolute atomic E-state index is 13.9. The zero-order valence-electron chi connectivity index (χ0n) is 18.4. The van der Waals surface area contributed by atoms with Crippen molar-refractivity contribution in [2.75, 3.05) is 11.1 Å². The Hall–Kier alpha value is -3.63. The Bertz CT molecular complexity index is 1630. The van der Waals surface area contributed by atoms with E-state index in [0.717, 1.165) is 46.5 Å². The van der Waals surface area contributed by atoms with Gasteiger partial charge in [0, 0.05) is 17.6 Å². The third-order valence-corrected chi connectivity index (χ3v) is 7.38. The van der Waals surface area contributed by atoms with Crippen LogP contribution in [0.3, 0.4) is 0 Å². The van der Waals surface area contributed by atoms with Crippen LogP contribution in [-0.2, 0) is 11.3 Å². The maximum Gasteiger partial charge on any atom is 0.272 e. The van der Waals surface area contributed by atoms with E-state index in [1.807, 2.05) is 37.3 Å². The van der Waals surface area contributed by atoms with E-state index in [-0.39, 0.29) is 23.5 Å². The van der Waals surface area contributed by atoms with Gasteiger partial charge in [-0.3, -0.25) is 14.2 Å². The lowest BCUT2D eigenvalue weighted by atomic mass is 10.1. The van der Waals surface area contributed by atoms with Gasteiger partial charge < -0.3 is 5.32 Å². The van der Waals surface area contributed by atoms with Crippen molar-refractivity contribution < 1.29 is 13.6 Å². The van der Waals surface area contributed by atoms with E-state index >= 15 is 0 Å². The zero-order chi connectivity index (χ0) is 24.5. The van der Waals surface area contributed by atoms with Crippen LogP contribution >= 0.6 is 23.1 Å². The highest BCUT2D eigenvalue weighted by Gasteiger charge is 2.18. The molecular weight excluding hydrogens is 490 g/mol. The fourth-order valence-corrected chi connectivity index (χ4v) is 5.40. The number of thioether (sulfide) groups is 1. The van der Waals surface area contributed by atoms with Crippen LogP contribution in [0.4, 0.5) is 14.5 Å². The molecule has 0 aliphatic rings. The summed E-state index contributed by atoms with van der Waals surface area (Å²) in [5.74, 6) is -2.10. The number of anilines is 1. The lowest BCUT2D eigenvalue weighted by molar-refractivity contribution is -0.113. The van der Waals surface area contributed by atoms with E-state index < -0.39 is 17.5 Å². The van der Waals surface area contributed by atoms with Gasteiger partial charge in [-0.2, -0.15) is 0 Å². The van der Waals surface area contributed by atoms with Gasteiger partial charge >= 0.3 is 0 Å². The highest BCUT2D eigenvalue weighted by atomic mass is 32.2. The van der Waals surface area contributed by atoms with Gasteiger partial charge in [0.25, 0.3) is 5.56 Å². The predicted molar refractivity (Wildman–Crippen MR) is 135 cm³/mol. The number of aryl methyl sites for hydroxylation is 1. The molecule has 6 nitrogen and oxygen atoms in total. The number of amides is 1. The smallest absolute Gasteiger partial charge is 0.272 e. The number of nitrogens with one attached hydrogen (secondary N) is 1. The van der Waals surface area contributed by atoms with Crippen LogP contribution in [0, 0.1) is 18.6 Å². The summed E-state index contributed by atoms with van der Waals surface area (Å²) in [5.41, 5.74) is 2.07. The van der Waals surface area contributed by atoms with Crippen LogP contribution in [-0.4, -0.2) is 26.2 Å². The molecule has 0 bridgehead atoms. The number of carbonyl (C=O) groups excluding carboxylic acids is 1. The summed E-state index contributed by atoms with van der Waals surface area (Å²) in [5, 5.41) is 3.49. The molecule has 3 aromatic heterocycles. The van der Waals surface area contributed by atoms with Crippen LogP contribution in [0.1, 0.15) is 11.1 Å². The molecule has 3 heterocycles. The number of carbonyl (C=O) groups is 1. The van der Waals surface area contributed by atoms with E-state index in [1.54, 1.807) is 12.3 Å². The molecule has 2 aromatic carbocycles. The Morgan fingerprint density at radius 2 is 1.94 bits per heavy atom. The van der Waals surface area contributed by atoms with Gasteiger partial charge in [0.2, 0.25) is 5.91 Å². The second-order valence-electron chi connectivity index (χ2n) is 7.87. The first-order valence-electron chi connectivity index (χ1n) is 10.6. The van der Waals surface area contributed by atoms with Crippen LogP contribution in [0.25, 0.3) is 20.4 Å². The van der Waals surface area contributed by atoms with Crippen molar-refractivity contribution in [1.29, 1.82) is 0 Å². The summed E-state index contributed by atoms with van der Waals surface area (Å²) in [6, 6.07) is 14.3. The minimum Gasteiger partial charge on any atom is -0.323 e. The standard InChI is InChI=1S/C25H18F2N4O2S2/c1-14-4-6-15(7-5-14)12-31-24(33)22-21(17-3-2-10-28-23(17)35-22)30-25(31)34-13-20(32)29-19-11-16(26)8-9-18(19)27/h2-11H,12-13H2,1H3,(H,29,32). The van der Waals surface area contributed by atoms with E-state index in [9.17, 15) is 18.4 Å². The highest BCUT2D eigenvalue weighted by Crippen LogP contribution is 2.30. The van der Waals surface area contributed by atoms with Crippen LogP contribution < -0.4 is 10.9 Å². The molecule has 1 amide bonds.